The lowest BCUT2D eigenvalue weighted by molar-refractivity contribution is -0.0446. The molecule has 6 nitrogen and oxygen atoms in total. The molecule has 0 spiro atoms. The standard InChI is InChI=1S/C19H17FN4O2/c20-13-7-8-26-24(25)19-4-2-1-3-14(19)16(10-13)12-5-6-15-17(21)11-22-23-18(15)9-12/h1-6,9-11,13,25H,7-8H2,(H2,21,23). The first-order chi connectivity index (χ1) is 12.6. The summed E-state index contributed by atoms with van der Waals surface area (Å²) in [6.45, 7) is 0.0650. The van der Waals surface area contributed by atoms with Crippen molar-refractivity contribution in [3.63, 3.8) is 0 Å². The Bertz CT molecular complexity index is 992. The summed E-state index contributed by atoms with van der Waals surface area (Å²) in [5.41, 5.74) is 9.56. The van der Waals surface area contributed by atoms with Crippen molar-refractivity contribution in [1.82, 2.24) is 10.2 Å². The summed E-state index contributed by atoms with van der Waals surface area (Å²) in [6.07, 6.45) is 1.96. The molecule has 3 N–H and O–H groups in total. The first-order valence-corrected chi connectivity index (χ1v) is 8.22. The summed E-state index contributed by atoms with van der Waals surface area (Å²) < 4.78 is 14.4. The van der Waals surface area contributed by atoms with Gasteiger partial charge in [0.1, 0.15) is 11.9 Å². The fourth-order valence-corrected chi connectivity index (χ4v) is 3.04. The quantitative estimate of drug-likeness (QED) is 0.697. The minimum absolute atomic E-state index is 0.0650. The third-order valence-corrected chi connectivity index (χ3v) is 4.34. The average molecular weight is 352 g/mol. The lowest BCUT2D eigenvalue weighted by Gasteiger charge is -2.19. The van der Waals surface area contributed by atoms with Crippen molar-refractivity contribution in [2.75, 3.05) is 17.6 Å². The van der Waals surface area contributed by atoms with E-state index < -0.39 is 6.17 Å². The van der Waals surface area contributed by atoms with Crippen LogP contribution in [0.15, 0.2) is 54.7 Å². The number of para-hydroxylation sites is 1. The number of nitrogen functional groups attached to an aromatic ring is 1. The molecule has 1 aliphatic rings. The van der Waals surface area contributed by atoms with Gasteiger partial charge in [-0.1, -0.05) is 24.3 Å². The second-order valence-corrected chi connectivity index (χ2v) is 6.04. The third kappa shape index (κ3) is 2.98. The fourth-order valence-electron chi connectivity index (χ4n) is 3.04. The zero-order valence-electron chi connectivity index (χ0n) is 13.8. The van der Waals surface area contributed by atoms with Crippen molar-refractivity contribution in [1.29, 1.82) is 0 Å². The van der Waals surface area contributed by atoms with Crippen LogP contribution in [0.25, 0.3) is 16.5 Å². The Hall–Kier alpha value is -3.03. The van der Waals surface area contributed by atoms with Gasteiger partial charge in [0, 0.05) is 17.4 Å². The summed E-state index contributed by atoms with van der Waals surface area (Å²) in [7, 11) is 0. The third-order valence-electron chi connectivity index (χ3n) is 4.34. The lowest BCUT2D eigenvalue weighted by atomic mass is 9.94. The van der Waals surface area contributed by atoms with Crippen LogP contribution < -0.4 is 11.0 Å². The van der Waals surface area contributed by atoms with Crippen LogP contribution >= 0.6 is 0 Å². The zero-order valence-corrected chi connectivity index (χ0v) is 13.8. The number of nitrogens with two attached hydrogens (primary N) is 1. The molecule has 1 atom stereocenters. The molecule has 0 radical (unpaired) electrons. The van der Waals surface area contributed by atoms with Gasteiger partial charge in [0.2, 0.25) is 0 Å². The number of allylic oxidation sites excluding steroid dienone is 1. The van der Waals surface area contributed by atoms with Crippen molar-refractivity contribution in [3.8, 4) is 0 Å². The van der Waals surface area contributed by atoms with Crippen molar-refractivity contribution in [3.05, 3.63) is 65.9 Å². The molecule has 1 aliphatic heterocycles. The smallest absolute Gasteiger partial charge is 0.121 e. The molecule has 7 heteroatoms. The molecule has 3 aromatic rings. The number of hydrogen-bond donors (Lipinski definition) is 2. The zero-order chi connectivity index (χ0) is 18.1. The Morgan fingerprint density at radius 1 is 1.23 bits per heavy atom. The van der Waals surface area contributed by atoms with Gasteiger partial charge in [-0.15, -0.1) is 5.23 Å². The number of fused-ring (bicyclic) bond motifs is 2. The maximum absolute atomic E-state index is 14.4. The van der Waals surface area contributed by atoms with Crippen LogP contribution in [-0.4, -0.2) is 28.2 Å². The van der Waals surface area contributed by atoms with Crippen LogP contribution in [0.5, 0.6) is 0 Å². The van der Waals surface area contributed by atoms with E-state index in [4.69, 9.17) is 10.6 Å². The van der Waals surface area contributed by atoms with Crippen LogP contribution in [0.4, 0.5) is 15.8 Å². The Morgan fingerprint density at radius 3 is 2.96 bits per heavy atom. The predicted molar refractivity (Wildman–Crippen MR) is 97.2 cm³/mol. The van der Waals surface area contributed by atoms with E-state index in [1.54, 1.807) is 24.3 Å². The summed E-state index contributed by atoms with van der Waals surface area (Å²) in [6, 6.07) is 12.6. The van der Waals surface area contributed by atoms with E-state index in [9.17, 15) is 9.60 Å². The Kier molecular flexibility index (Phi) is 4.24. The van der Waals surface area contributed by atoms with Crippen molar-refractivity contribution < 1.29 is 14.4 Å². The van der Waals surface area contributed by atoms with E-state index in [-0.39, 0.29) is 13.0 Å². The molecule has 2 heterocycles. The topological polar surface area (TPSA) is 84.5 Å². The van der Waals surface area contributed by atoms with Crippen molar-refractivity contribution >= 4 is 27.9 Å². The summed E-state index contributed by atoms with van der Waals surface area (Å²) in [5, 5.41) is 19.6. The summed E-state index contributed by atoms with van der Waals surface area (Å²) >= 11 is 0. The van der Waals surface area contributed by atoms with Gasteiger partial charge < -0.3 is 5.73 Å². The second-order valence-electron chi connectivity index (χ2n) is 6.04. The Balaban J connectivity index is 1.92. The number of benzene rings is 2. The average Bonchev–Trinajstić information content (AvgIpc) is 2.71. The molecular weight excluding hydrogens is 335 g/mol. The van der Waals surface area contributed by atoms with Crippen LogP contribution in [0.1, 0.15) is 17.5 Å². The predicted octanol–water partition coefficient (Wildman–Crippen LogP) is 3.51. The van der Waals surface area contributed by atoms with Gasteiger partial charge in [-0.05, 0) is 35.4 Å². The SMILES string of the molecule is Nc1cnnc2cc(C3=CC(F)CCON(O)c4ccccc43)ccc12. The van der Waals surface area contributed by atoms with Gasteiger partial charge in [0.15, 0.2) is 0 Å². The number of alkyl halides is 1. The molecule has 1 unspecified atom stereocenters. The van der Waals surface area contributed by atoms with Crippen LogP contribution in [0.3, 0.4) is 0 Å². The van der Waals surface area contributed by atoms with Crippen LogP contribution in [-0.2, 0) is 4.84 Å². The summed E-state index contributed by atoms with van der Waals surface area (Å²) in [5.74, 6) is 0. The van der Waals surface area contributed by atoms with Gasteiger partial charge in [0.25, 0.3) is 0 Å². The van der Waals surface area contributed by atoms with E-state index in [2.05, 4.69) is 10.2 Å². The van der Waals surface area contributed by atoms with Crippen molar-refractivity contribution in [2.45, 2.75) is 12.6 Å². The maximum atomic E-state index is 14.4. The van der Waals surface area contributed by atoms with Gasteiger partial charge in [0.05, 0.1) is 24.0 Å². The molecule has 0 bridgehead atoms. The van der Waals surface area contributed by atoms with Gasteiger partial charge in [-0.2, -0.15) is 10.2 Å². The fraction of sp³-hybridized carbons (Fsp3) is 0.158. The van der Waals surface area contributed by atoms with Gasteiger partial charge in [-0.3, -0.25) is 5.21 Å². The van der Waals surface area contributed by atoms with E-state index in [1.165, 1.54) is 6.20 Å². The molecule has 2 aromatic carbocycles. The number of hydrogen-bond acceptors (Lipinski definition) is 6. The normalized spacial score (nSPS) is 17.8. The maximum Gasteiger partial charge on any atom is 0.121 e. The van der Waals surface area contributed by atoms with Gasteiger partial charge >= 0.3 is 0 Å². The first kappa shape index (κ1) is 16.4. The minimum Gasteiger partial charge on any atom is -0.397 e. The minimum atomic E-state index is -1.22. The molecule has 0 aliphatic carbocycles. The number of halogens is 1. The lowest BCUT2D eigenvalue weighted by Crippen LogP contribution is -2.20. The van der Waals surface area contributed by atoms with Crippen LogP contribution in [0.2, 0.25) is 0 Å². The van der Waals surface area contributed by atoms with E-state index >= 15 is 0 Å². The highest BCUT2D eigenvalue weighted by atomic mass is 19.1. The first-order valence-electron chi connectivity index (χ1n) is 8.22. The number of nitrogens with zero attached hydrogens (tertiary/aromatic N) is 3. The molecule has 26 heavy (non-hydrogen) atoms. The second kappa shape index (κ2) is 6.70. The summed E-state index contributed by atoms with van der Waals surface area (Å²) in [4.78, 5) is 5.21. The molecule has 0 saturated heterocycles. The van der Waals surface area contributed by atoms with Crippen LogP contribution in [0, 0.1) is 0 Å². The largest absolute Gasteiger partial charge is 0.397 e. The van der Waals surface area contributed by atoms with E-state index in [0.29, 0.717) is 33.3 Å². The highest BCUT2D eigenvalue weighted by Gasteiger charge is 2.20. The molecule has 0 fully saturated rings. The number of aromatic nitrogens is 2. The van der Waals surface area contributed by atoms with Gasteiger partial charge in [-0.25, -0.2) is 9.23 Å². The Morgan fingerprint density at radius 2 is 2.08 bits per heavy atom. The molecule has 0 saturated carbocycles. The molecule has 4 rings (SSSR count). The highest BCUT2D eigenvalue weighted by Crippen LogP contribution is 2.34. The molecular formula is C19H17FN4O2. The number of rotatable bonds is 1. The van der Waals surface area contributed by atoms with Crippen molar-refractivity contribution in [2.24, 2.45) is 0 Å². The monoisotopic (exact) mass is 352 g/mol. The number of anilines is 2. The Labute approximate surface area is 149 Å². The van der Waals surface area contributed by atoms with E-state index in [0.717, 1.165) is 10.9 Å². The van der Waals surface area contributed by atoms with E-state index in [1.807, 2.05) is 24.3 Å². The highest BCUT2D eigenvalue weighted by molar-refractivity contribution is 5.94. The molecule has 0 amide bonds. The molecule has 1 aromatic heterocycles. The molecule has 132 valence electrons.